The van der Waals surface area contributed by atoms with E-state index in [1.54, 1.807) is 29.2 Å². The van der Waals surface area contributed by atoms with Crippen LogP contribution in [0.4, 0.5) is 10.1 Å². The number of benzene rings is 1. The molecule has 0 atom stereocenters. The first-order valence-corrected chi connectivity index (χ1v) is 9.14. The Hall–Kier alpha value is -1.96. The molecule has 1 aliphatic heterocycles. The maximum atomic E-state index is 13.1. The molecule has 2 aromatic rings. The SMILES string of the molecule is O=C(C[NH+]1CCN(C(=O)c2ccc(Cl)s2)CC1)Nc1cccc(F)c1. The Morgan fingerprint density at radius 3 is 2.64 bits per heavy atom. The second kappa shape index (κ2) is 7.95. The van der Waals surface area contributed by atoms with Gasteiger partial charge in [0.25, 0.3) is 11.8 Å². The number of hydrogen-bond donors (Lipinski definition) is 2. The van der Waals surface area contributed by atoms with Gasteiger partial charge < -0.3 is 15.1 Å². The first-order valence-electron chi connectivity index (χ1n) is 7.95. The Morgan fingerprint density at radius 2 is 2.00 bits per heavy atom. The van der Waals surface area contributed by atoms with Crippen molar-refractivity contribution in [3.8, 4) is 0 Å². The number of anilines is 1. The van der Waals surface area contributed by atoms with E-state index in [2.05, 4.69) is 5.32 Å². The molecule has 2 N–H and O–H groups in total. The second-order valence-corrected chi connectivity index (χ2v) is 7.60. The minimum Gasteiger partial charge on any atom is -0.327 e. The highest BCUT2D eigenvalue weighted by atomic mass is 35.5. The van der Waals surface area contributed by atoms with Crippen LogP contribution in [0.2, 0.25) is 4.34 Å². The summed E-state index contributed by atoms with van der Waals surface area (Å²) in [7, 11) is 0. The third-order valence-corrected chi connectivity index (χ3v) is 5.28. The molecule has 0 unspecified atom stereocenters. The molecule has 1 aliphatic rings. The number of carbonyl (C=O) groups is 2. The van der Waals surface area contributed by atoms with E-state index >= 15 is 0 Å². The molecule has 2 heterocycles. The zero-order valence-electron chi connectivity index (χ0n) is 13.4. The highest BCUT2D eigenvalue weighted by Crippen LogP contribution is 2.22. The van der Waals surface area contributed by atoms with E-state index in [-0.39, 0.29) is 17.6 Å². The molecule has 25 heavy (non-hydrogen) atoms. The standard InChI is InChI=1S/C17H17ClFN3O2S/c18-15-5-4-14(25-15)17(24)22-8-6-21(7-9-22)11-16(23)20-13-3-1-2-12(19)10-13/h1-5,10H,6-9,11H2,(H,20,23)/p+1. The molecule has 3 rings (SSSR count). The highest BCUT2D eigenvalue weighted by Gasteiger charge is 2.26. The Balaban J connectivity index is 1.47. The van der Waals surface area contributed by atoms with E-state index in [0.717, 1.165) is 4.90 Å². The van der Waals surface area contributed by atoms with Gasteiger partial charge >= 0.3 is 0 Å². The van der Waals surface area contributed by atoms with Crippen molar-refractivity contribution in [1.82, 2.24) is 4.90 Å². The number of hydrogen-bond acceptors (Lipinski definition) is 3. The van der Waals surface area contributed by atoms with Crippen molar-refractivity contribution in [3.05, 3.63) is 51.4 Å². The maximum absolute atomic E-state index is 13.1. The molecule has 0 spiro atoms. The second-order valence-electron chi connectivity index (χ2n) is 5.88. The number of rotatable bonds is 4. The predicted octanol–water partition coefficient (Wildman–Crippen LogP) is 1.52. The lowest BCUT2D eigenvalue weighted by molar-refractivity contribution is -0.895. The van der Waals surface area contributed by atoms with Crippen LogP contribution in [0.15, 0.2) is 36.4 Å². The lowest BCUT2D eigenvalue weighted by Crippen LogP contribution is -3.15. The van der Waals surface area contributed by atoms with Crippen LogP contribution in [0.25, 0.3) is 0 Å². The van der Waals surface area contributed by atoms with Crippen molar-refractivity contribution in [3.63, 3.8) is 0 Å². The number of piperazine rings is 1. The molecule has 2 amide bonds. The summed E-state index contributed by atoms with van der Waals surface area (Å²) in [4.78, 5) is 28.0. The number of amides is 2. The molecule has 1 aromatic carbocycles. The molecule has 1 aromatic heterocycles. The van der Waals surface area contributed by atoms with Crippen LogP contribution in [0.3, 0.4) is 0 Å². The van der Waals surface area contributed by atoms with E-state index in [9.17, 15) is 14.0 Å². The van der Waals surface area contributed by atoms with E-state index in [1.165, 1.54) is 23.5 Å². The fourth-order valence-corrected chi connectivity index (χ4v) is 3.80. The molecule has 5 nitrogen and oxygen atoms in total. The van der Waals surface area contributed by atoms with E-state index in [1.807, 2.05) is 0 Å². The highest BCUT2D eigenvalue weighted by molar-refractivity contribution is 7.17. The molecule has 8 heteroatoms. The van der Waals surface area contributed by atoms with Crippen LogP contribution in [0.5, 0.6) is 0 Å². The molecular formula is C17H18ClFN3O2S+. The smallest absolute Gasteiger partial charge is 0.279 e. The van der Waals surface area contributed by atoms with Gasteiger partial charge in [0.2, 0.25) is 0 Å². The summed E-state index contributed by atoms with van der Waals surface area (Å²) < 4.78 is 13.7. The van der Waals surface area contributed by atoms with Crippen molar-refractivity contribution < 1.29 is 18.9 Å². The van der Waals surface area contributed by atoms with Gasteiger partial charge in [-0.05, 0) is 30.3 Å². The number of carbonyl (C=O) groups excluding carboxylic acids is 2. The largest absolute Gasteiger partial charge is 0.327 e. The lowest BCUT2D eigenvalue weighted by atomic mass is 10.2. The Kier molecular flexibility index (Phi) is 5.67. The van der Waals surface area contributed by atoms with E-state index in [0.29, 0.717) is 47.6 Å². The van der Waals surface area contributed by atoms with Gasteiger partial charge in [0, 0.05) is 5.69 Å². The monoisotopic (exact) mass is 382 g/mol. The molecule has 1 fully saturated rings. The normalized spacial score (nSPS) is 15.2. The summed E-state index contributed by atoms with van der Waals surface area (Å²) in [6.07, 6.45) is 0. The number of nitrogens with one attached hydrogen (secondary N) is 2. The number of quaternary nitrogens is 1. The van der Waals surface area contributed by atoms with Gasteiger partial charge in [0.1, 0.15) is 5.82 Å². The average molecular weight is 383 g/mol. The summed E-state index contributed by atoms with van der Waals surface area (Å²) in [5, 5.41) is 2.70. The molecule has 0 saturated carbocycles. The van der Waals surface area contributed by atoms with Crippen LogP contribution >= 0.6 is 22.9 Å². The Morgan fingerprint density at radius 1 is 1.24 bits per heavy atom. The van der Waals surface area contributed by atoms with Gasteiger partial charge in [-0.15, -0.1) is 11.3 Å². The molecule has 1 saturated heterocycles. The molecule has 0 aliphatic carbocycles. The van der Waals surface area contributed by atoms with Crippen LogP contribution in [-0.4, -0.2) is 49.4 Å². The van der Waals surface area contributed by atoms with Gasteiger partial charge in [-0.25, -0.2) is 4.39 Å². The summed E-state index contributed by atoms with van der Waals surface area (Å²) >= 11 is 7.15. The van der Waals surface area contributed by atoms with Crippen molar-refractivity contribution in [1.29, 1.82) is 0 Å². The Labute approximate surface area is 154 Å². The van der Waals surface area contributed by atoms with Crippen LogP contribution in [0, 0.1) is 5.82 Å². The minimum absolute atomic E-state index is 0.0137. The fourth-order valence-electron chi connectivity index (χ4n) is 2.79. The van der Waals surface area contributed by atoms with Gasteiger partial charge in [-0.1, -0.05) is 17.7 Å². The summed E-state index contributed by atoms with van der Waals surface area (Å²) in [5.41, 5.74) is 0.452. The van der Waals surface area contributed by atoms with Gasteiger partial charge in [-0.3, -0.25) is 9.59 Å². The number of nitrogens with zero attached hydrogens (tertiary/aromatic N) is 1. The zero-order valence-corrected chi connectivity index (χ0v) is 15.0. The van der Waals surface area contributed by atoms with Crippen molar-refractivity contribution in [2.75, 3.05) is 38.0 Å². The molecule has 132 valence electrons. The summed E-state index contributed by atoms with van der Waals surface area (Å²) in [6, 6.07) is 9.28. The number of halogens is 2. The lowest BCUT2D eigenvalue weighted by Gasteiger charge is -2.31. The van der Waals surface area contributed by atoms with Gasteiger partial charge in [-0.2, -0.15) is 0 Å². The molecule has 0 bridgehead atoms. The predicted molar refractivity (Wildman–Crippen MR) is 95.8 cm³/mol. The van der Waals surface area contributed by atoms with E-state index < -0.39 is 0 Å². The van der Waals surface area contributed by atoms with Gasteiger partial charge in [0.05, 0.1) is 35.4 Å². The number of thiophene rings is 1. The Bertz CT molecular complexity index is 775. The average Bonchev–Trinajstić information content (AvgIpc) is 3.01. The molecular weight excluding hydrogens is 365 g/mol. The topological polar surface area (TPSA) is 53.9 Å². The van der Waals surface area contributed by atoms with E-state index in [4.69, 9.17) is 11.6 Å². The minimum atomic E-state index is -0.383. The summed E-state index contributed by atoms with van der Waals surface area (Å²) in [5.74, 6) is -0.559. The van der Waals surface area contributed by atoms with Crippen molar-refractivity contribution in [2.45, 2.75) is 0 Å². The third kappa shape index (κ3) is 4.78. The summed E-state index contributed by atoms with van der Waals surface area (Å²) in [6.45, 7) is 2.88. The first-order chi connectivity index (χ1) is 12.0. The fraction of sp³-hybridized carbons (Fsp3) is 0.294. The van der Waals surface area contributed by atoms with Crippen LogP contribution < -0.4 is 10.2 Å². The first kappa shape index (κ1) is 17.8. The quantitative estimate of drug-likeness (QED) is 0.842. The zero-order chi connectivity index (χ0) is 17.8. The maximum Gasteiger partial charge on any atom is 0.279 e. The van der Waals surface area contributed by atoms with Crippen LogP contribution in [-0.2, 0) is 4.79 Å². The van der Waals surface area contributed by atoms with Crippen molar-refractivity contribution in [2.24, 2.45) is 0 Å². The van der Waals surface area contributed by atoms with Gasteiger partial charge in [0.15, 0.2) is 6.54 Å². The third-order valence-electron chi connectivity index (χ3n) is 4.06. The molecule has 0 radical (unpaired) electrons. The van der Waals surface area contributed by atoms with Crippen molar-refractivity contribution >= 4 is 40.4 Å². The van der Waals surface area contributed by atoms with Crippen LogP contribution in [0.1, 0.15) is 9.67 Å².